The van der Waals surface area contributed by atoms with Crippen LogP contribution in [0.4, 0.5) is 0 Å². The summed E-state index contributed by atoms with van der Waals surface area (Å²) in [6.45, 7) is 0.898. The summed E-state index contributed by atoms with van der Waals surface area (Å²) in [5, 5.41) is 8.73. The van der Waals surface area contributed by atoms with E-state index in [1.807, 2.05) is 30.3 Å². The zero-order valence-corrected chi connectivity index (χ0v) is 9.89. The van der Waals surface area contributed by atoms with Gasteiger partial charge < -0.3 is 10.5 Å². The summed E-state index contributed by atoms with van der Waals surface area (Å²) in [5.41, 5.74) is 7.07. The Morgan fingerprint density at radius 1 is 1.06 bits per heavy atom. The highest BCUT2D eigenvalue weighted by molar-refractivity contribution is 6.30. The zero-order valence-electron chi connectivity index (χ0n) is 9.14. The minimum atomic E-state index is 0.439. The van der Waals surface area contributed by atoms with Gasteiger partial charge in [0.2, 0.25) is 5.88 Å². The first-order chi connectivity index (χ1) is 8.29. The monoisotopic (exact) mass is 249 g/mol. The van der Waals surface area contributed by atoms with Gasteiger partial charge in [-0.2, -0.15) is 0 Å². The Labute approximate surface area is 104 Å². The molecule has 2 N–H and O–H groups in total. The number of halogens is 1. The topological polar surface area (TPSA) is 61.0 Å². The Bertz CT molecular complexity index is 470. The summed E-state index contributed by atoms with van der Waals surface area (Å²) >= 11 is 5.81. The quantitative estimate of drug-likeness (QED) is 0.902. The van der Waals surface area contributed by atoms with E-state index >= 15 is 0 Å². The fourth-order valence-electron chi connectivity index (χ4n) is 1.34. The third-order valence-electron chi connectivity index (χ3n) is 2.15. The predicted molar refractivity (Wildman–Crippen MR) is 67.0 cm³/mol. The Morgan fingerprint density at radius 2 is 1.82 bits per heavy atom. The number of hydrogen-bond donors (Lipinski definition) is 1. The van der Waals surface area contributed by atoms with E-state index < -0.39 is 0 Å². The first-order valence-electron chi connectivity index (χ1n) is 5.22. The third-order valence-corrected chi connectivity index (χ3v) is 2.40. The molecule has 0 atom stereocenters. The first-order valence-corrected chi connectivity index (χ1v) is 5.60. The van der Waals surface area contributed by atoms with Crippen molar-refractivity contribution in [3.8, 4) is 17.1 Å². The van der Waals surface area contributed by atoms with Gasteiger partial charge in [0.15, 0.2) is 0 Å². The van der Waals surface area contributed by atoms with Gasteiger partial charge >= 0.3 is 0 Å². The van der Waals surface area contributed by atoms with Crippen LogP contribution in [-0.4, -0.2) is 23.3 Å². The van der Waals surface area contributed by atoms with Crippen LogP contribution in [-0.2, 0) is 0 Å². The number of aromatic nitrogens is 2. The largest absolute Gasteiger partial charge is 0.475 e. The van der Waals surface area contributed by atoms with E-state index in [1.165, 1.54) is 0 Å². The van der Waals surface area contributed by atoms with Crippen molar-refractivity contribution in [2.75, 3.05) is 13.2 Å². The van der Waals surface area contributed by atoms with Gasteiger partial charge in [0, 0.05) is 23.2 Å². The summed E-state index contributed by atoms with van der Waals surface area (Å²) in [5.74, 6) is 0.480. The Kier molecular flexibility index (Phi) is 3.90. The second-order valence-corrected chi connectivity index (χ2v) is 3.84. The van der Waals surface area contributed by atoms with Gasteiger partial charge in [-0.1, -0.05) is 23.7 Å². The number of rotatable bonds is 4. The van der Waals surface area contributed by atoms with Gasteiger partial charge in [0.25, 0.3) is 0 Å². The lowest BCUT2D eigenvalue weighted by molar-refractivity contribution is 0.312. The number of nitrogens with two attached hydrogens (primary N) is 1. The molecule has 0 fully saturated rings. The minimum Gasteiger partial charge on any atom is -0.475 e. The molecule has 0 bridgehead atoms. The maximum Gasteiger partial charge on any atom is 0.233 e. The minimum absolute atomic E-state index is 0.439. The van der Waals surface area contributed by atoms with Gasteiger partial charge in [0.05, 0.1) is 5.69 Å². The predicted octanol–water partition coefficient (Wildman–Crippen LogP) is 2.13. The molecule has 0 unspecified atom stereocenters. The van der Waals surface area contributed by atoms with Crippen LogP contribution in [0.15, 0.2) is 36.4 Å². The molecule has 0 spiro atoms. The van der Waals surface area contributed by atoms with Crippen molar-refractivity contribution in [1.29, 1.82) is 0 Å². The molecule has 0 aliphatic rings. The van der Waals surface area contributed by atoms with Crippen molar-refractivity contribution in [2.24, 2.45) is 5.73 Å². The molecule has 0 saturated heterocycles. The molecule has 0 radical (unpaired) electrons. The molecule has 4 nitrogen and oxygen atoms in total. The van der Waals surface area contributed by atoms with E-state index in [1.54, 1.807) is 6.07 Å². The maximum atomic E-state index is 5.81. The summed E-state index contributed by atoms with van der Waals surface area (Å²) in [6.07, 6.45) is 0. The average Bonchev–Trinajstić information content (AvgIpc) is 2.38. The normalized spacial score (nSPS) is 10.2. The van der Waals surface area contributed by atoms with Gasteiger partial charge in [-0.3, -0.25) is 0 Å². The van der Waals surface area contributed by atoms with Crippen LogP contribution in [0.3, 0.4) is 0 Å². The SMILES string of the molecule is NCCOc1ccc(-c2ccc(Cl)cc2)nn1. The standard InChI is InChI=1S/C12H12ClN3O/c13-10-3-1-9(2-4-10)11-5-6-12(16-15-11)17-8-7-14/h1-6H,7-8,14H2. The lowest BCUT2D eigenvalue weighted by Crippen LogP contribution is -2.11. The number of hydrogen-bond acceptors (Lipinski definition) is 4. The van der Waals surface area contributed by atoms with E-state index in [4.69, 9.17) is 22.1 Å². The number of nitrogens with zero attached hydrogens (tertiary/aromatic N) is 2. The van der Waals surface area contributed by atoms with E-state index in [-0.39, 0.29) is 0 Å². The molecular weight excluding hydrogens is 238 g/mol. The third kappa shape index (κ3) is 3.15. The van der Waals surface area contributed by atoms with Crippen molar-refractivity contribution >= 4 is 11.6 Å². The average molecular weight is 250 g/mol. The molecule has 5 heteroatoms. The van der Waals surface area contributed by atoms with E-state index in [0.717, 1.165) is 11.3 Å². The Balaban J connectivity index is 2.14. The highest BCUT2D eigenvalue weighted by atomic mass is 35.5. The highest BCUT2D eigenvalue weighted by Gasteiger charge is 2.01. The molecule has 0 saturated carbocycles. The molecule has 2 aromatic rings. The first kappa shape index (κ1) is 11.8. The fraction of sp³-hybridized carbons (Fsp3) is 0.167. The molecule has 0 aliphatic heterocycles. The van der Waals surface area contributed by atoms with Gasteiger partial charge in [-0.25, -0.2) is 0 Å². The lowest BCUT2D eigenvalue weighted by Gasteiger charge is -2.03. The van der Waals surface area contributed by atoms with Crippen molar-refractivity contribution < 1.29 is 4.74 Å². The molecule has 2 rings (SSSR count). The van der Waals surface area contributed by atoms with Crippen LogP contribution in [0.2, 0.25) is 5.02 Å². The Hall–Kier alpha value is -1.65. The van der Waals surface area contributed by atoms with Gasteiger partial charge in [0.1, 0.15) is 6.61 Å². The van der Waals surface area contributed by atoms with E-state index in [0.29, 0.717) is 24.1 Å². The summed E-state index contributed by atoms with van der Waals surface area (Å²) in [7, 11) is 0. The summed E-state index contributed by atoms with van der Waals surface area (Å²) in [4.78, 5) is 0. The molecule has 0 amide bonds. The van der Waals surface area contributed by atoms with Crippen LogP contribution in [0.25, 0.3) is 11.3 Å². The van der Waals surface area contributed by atoms with Crippen LogP contribution < -0.4 is 10.5 Å². The smallest absolute Gasteiger partial charge is 0.233 e. The summed E-state index contributed by atoms with van der Waals surface area (Å²) < 4.78 is 5.25. The molecule has 0 aliphatic carbocycles. The molecule has 1 aromatic carbocycles. The van der Waals surface area contributed by atoms with E-state index in [2.05, 4.69) is 10.2 Å². The summed E-state index contributed by atoms with van der Waals surface area (Å²) in [6, 6.07) is 11.0. The molecule has 17 heavy (non-hydrogen) atoms. The van der Waals surface area contributed by atoms with Crippen LogP contribution in [0.5, 0.6) is 5.88 Å². The van der Waals surface area contributed by atoms with Crippen LogP contribution in [0.1, 0.15) is 0 Å². The second kappa shape index (κ2) is 5.61. The second-order valence-electron chi connectivity index (χ2n) is 3.40. The van der Waals surface area contributed by atoms with Crippen LogP contribution >= 0.6 is 11.6 Å². The number of benzene rings is 1. The molecule has 1 heterocycles. The fourth-order valence-corrected chi connectivity index (χ4v) is 1.46. The van der Waals surface area contributed by atoms with Crippen molar-refractivity contribution in [3.63, 3.8) is 0 Å². The number of ether oxygens (including phenoxy) is 1. The van der Waals surface area contributed by atoms with Gasteiger partial charge in [-0.05, 0) is 18.2 Å². The van der Waals surface area contributed by atoms with Crippen molar-refractivity contribution in [3.05, 3.63) is 41.4 Å². The van der Waals surface area contributed by atoms with Crippen LogP contribution in [0, 0.1) is 0 Å². The molecule has 88 valence electrons. The van der Waals surface area contributed by atoms with Crippen molar-refractivity contribution in [2.45, 2.75) is 0 Å². The molecule has 1 aromatic heterocycles. The molecular formula is C12H12ClN3O. The van der Waals surface area contributed by atoms with E-state index in [9.17, 15) is 0 Å². The highest BCUT2D eigenvalue weighted by Crippen LogP contribution is 2.19. The van der Waals surface area contributed by atoms with Gasteiger partial charge in [-0.15, -0.1) is 10.2 Å². The Morgan fingerprint density at radius 3 is 2.41 bits per heavy atom. The zero-order chi connectivity index (χ0) is 12.1. The lowest BCUT2D eigenvalue weighted by atomic mass is 10.1. The maximum absolute atomic E-state index is 5.81. The van der Waals surface area contributed by atoms with Crippen molar-refractivity contribution in [1.82, 2.24) is 10.2 Å².